The average Bonchev–Trinajstić information content (AvgIpc) is 4.03. The quantitative estimate of drug-likeness (QED) is 0.272. The molecule has 0 radical (unpaired) electrons. The zero-order valence-corrected chi connectivity index (χ0v) is 29.9. The van der Waals surface area contributed by atoms with Gasteiger partial charge in [0.1, 0.15) is 17.7 Å². The maximum Gasteiger partial charge on any atom is 0.389 e. The lowest BCUT2D eigenvalue weighted by molar-refractivity contribution is -0.151. The number of hydrogen-bond donors (Lipinski definition) is 2. The Hall–Kier alpha value is -4.47. The molecule has 2 aliphatic heterocycles. The van der Waals surface area contributed by atoms with E-state index in [1.54, 1.807) is 6.20 Å². The van der Waals surface area contributed by atoms with Crippen LogP contribution >= 0.6 is 0 Å². The maximum absolute atomic E-state index is 14.3. The Kier molecular flexibility index (Phi) is 11.2. The fourth-order valence-electron chi connectivity index (χ4n) is 7.03. The van der Waals surface area contributed by atoms with Gasteiger partial charge in [-0.15, -0.1) is 6.58 Å². The molecule has 3 heterocycles. The van der Waals surface area contributed by atoms with Crippen molar-refractivity contribution in [3.63, 3.8) is 0 Å². The van der Waals surface area contributed by atoms with Crippen LogP contribution in [-0.2, 0) is 33.9 Å². The lowest BCUT2D eigenvalue weighted by Crippen LogP contribution is -2.57. The molecule has 2 N–H and O–H groups in total. The number of carbonyl (C=O) groups is 4. The molecule has 4 aliphatic rings. The number of nitrogens with one attached hydrogen (secondary N) is 2. The van der Waals surface area contributed by atoms with E-state index in [4.69, 9.17) is 9.47 Å². The minimum Gasteiger partial charge on any atom is -0.472 e. The summed E-state index contributed by atoms with van der Waals surface area (Å²) in [6.45, 7) is 3.60. The molecule has 16 heteroatoms. The van der Waals surface area contributed by atoms with Crippen LogP contribution in [0, 0.1) is 11.8 Å². The van der Waals surface area contributed by atoms with Crippen molar-refractivity contribution in [1.82, 2.24) is 19.9 Å². The fraction of sp³-hybridized carbons (Fsp3) is 0.541. The molecule has 0 unspecified atom stereocenters. The van der Waals surface area contributed by atoms with Crippen molar-refractivity contribution in [2.45, 2.75) is 99.7 Å². The van der Waals surface area contributed by atoms with Gasteiger partial charge in [-0.05, 0) is 74.4 Å². The number of ether oxygens (including phenoxy) is 2. The Morgan fingerprint density at radius 2 is 1.94 bits per heavy atom. The first kappa shape index (κ1) is 38.3. The third kappa shape index (κ3) is 9.19. The van der Waals surface area contributed by atoms with E-state index in [1.807, 2.05) is 36.4 Å². The normalized spacial score (nSPS) is 27.5. The van der Waals surface area contributed by atoms with Crippen molar-refractivity contribution in [3.8, 4) is 5.88 Å². The third-order valence-electron chi connectivity index (χ3n) is 10.2. The van der Waals surface area contributed by atoms with E-state index >= 15 is 0 Å². The van der Waals surface area contributed by atoms with Gasteiger partial charge in [0.15, 0.2) is 0 Å². The number of fused-ring (bicyclic) bond motifs is 3. The topological polar surface area (TPSA) is 161 Å². The summed E-state index contributed by atoms with van der Waals surface area (Å²) in [5.74, 6) is -4.79. The number of rotatable bonds is 9. The monoisotopic (exact) mass is 760 g/mol. The van der Waals surface area contributed by atoms with Crippen LogP contribution in [0.2, 0.25) is 0 Å². The molecule has 12 nitrogen and oxygen atoms in total. The zero-order valence-electron chi connectivity index (χ0n) is 29.1. The van der Waals surface area contributed by atoms with Crippen LogP contribution in [-0.4, -0.2) is 84.3 Å². The average molecular weight is 761 g/mol. The lowest BCUT2D eigenvalue weighted by atomic mass is 9.96. The lowest BCUT2D eigenvalue weighted by Gasteiger charge is -2.29. The van der Waals surface area contributed by atoms with E-state index in [9.17, 15) is 40.8 Å². The van der Waals surface area contributed by atoms with Crippen molar-refractivity contribution in [2.24, 2.45) is 11.8 Å². The molecular weight excluding hydrogens is 717 g/mol. The van der Waals surface area contributed by atoms with Gasteiger partial charge in [-0.25, -0.2) is 13.4 Å². The van der Waals surface area contributed by atoms with Gasteiger partial charge in [-0.2, -0.15) is 13.2 Å². The van der Waals surface area contributed by atoms with Gasteiger partial charge in [0.2, 0.25) is 27.7 Å². The second-order valence-electron chi connectivity index (χ2n) is 14.3. The first-order valence-electron chi connectivity index (χ1n) is 17.9. The number of amides is 3. The zero-order chi connectivity index (χ0) is 38.0. The molecular formula is C37H43F3N4O8S. The van der Waals surface area contributed by atoms with E-state index in [-0.39, 0.29) is 38.3 Å². The van der Waals surface area contributed by atoms with Crippen LogP contribution < -0.4 is 14.8 Å². The van der Waals surface area contributed by atoms with Crippen LogP contribution in [0.15, 0.2) is 49.2 Å². The Morgan fingerprint density at radius 3 is 2.66 bits per heavy atom. The number of aromatic nitrogens is 1. The van der Waals surface area contributed by atoms with E-state index in [0.29, 0.717) is 37.5 Å². The highest BCUT2D eigenvalue weighted by Gasteiger charge is 2.62. The molecule has 2 saturated carbocycles. The summed E-state index contributed by atoms with van der Waals surface area (Å²) < 4.78 is 78.6. The van der Waals surface area contributed by atoms with Crippen LogP contribution in [0.25, 0.3) is 16.8 Å². The Balaban J connectivity index is 1.31. The first-order valence-corrected chi connectivity index (χ1v) is 19.5. The molecule has 1 saturated heterocycles. The summed E-state index contributed by atoms with van der Waals surface area (Å²) in [5, 5.41) is 3.51. The molecule has 286 valence electrons. The molecule has 2 aliphatic carbocycles. The highest BCUT2D eigenvalue weighted by Crippen LogP contribution is 2.45. The number of sulfonamides is 1. The number of alkyl halides is 3. The SMILES string of the molecule is C=C[C@@H]1C[C@]1(NC(=O)[C@@H]1C[C@@H]2CN1C(=O)[C@H](CCCC(F)(F)F)CC(=O)OCCCC/C=C/c1ccc3ccnc(c3c1)O2)C(=O)NS(=O)(=O)C1CC1. The van der Waals surface area contributed by atoms with Gasteiger partial charge in [0.25, 0.3) is 5.91 Å². The fourth-order valence-corrected chi connectivity index (χ4v) is 8.40. The predicted octanol–water partition coefficient (Wildman–Crippen LogP) is 4.73. The number of nitrogens with zero attached hydrogens (tertiary/aromatic N) is 2. The molecule has 5 atom stereocenters. The minimum absolute atomic E-state index is 0.0664. The molecule has 4 bridgehead atoms. The Labute approximate surface area is 305 Å². The van der Waals surface area contributed by atoms with Crippen LogP contribution in [0.3, 0.4) is 0 Å². The largest absolute Gasteiger partial charge is 0.472 e. The first-order chi connectivity index (χ1) is 25.2. The van der Waals surface area contributed by atoms with Crippen molar-refractivity contribution < 1.29 is 50.2 Å². The number of halogens is 3. The minimum atomic E-state index is -4.49. The summed E-state index contributed by atoms with van der Waals surface area (Å²) in [4.78, 5) is 60.4. The molecule has 2 aromatic rings. The van der Waals surface area contributed by atoms with Crippen LogP contribution in [0.5, 0.6) is 5.88 Å². The van der Waals surface area contributed by atoms with Crippen molar-refractivity contribution in [1.29, 1.82) is 0 Å². The van der Waals surface area contributed by atoms with Gasteiger partial charge < -0.3 is 19.7 Å². The number of cyclic esters (lactones) is 1. The van der Waals surface area contributed by atoms with E-state index in [2.05, 4.69) is 21.6 Å². The van der Waals surface area contributed by atoms with Gasteiger partial charge in [-0.3, -0.25) is 23.9 Å². The van der Waals surface area contributed by atoms with Crippen molar-refractivity contribution in [3.05, 3.63) is 54.8 Å². The Bertz CT molecular complexity index is 1900. The summed E-state index contributed by atoms with van der Waals surface area (Å²) in [6.07, 6.45) is 1.96. The van der Waals surface area contributed by atoms with Gasteiger partial charge >= 0.3 is 12.1 Å². The molecule has 53 heavy (non-hydrogen) atoms. The van der Waals surface area contributed by atoms with E-state index in [1.165, 1.54) is 11.0 Å². The van der Waals surface area contributed by atoms with Crippen molar-refractivity contribution in [2.75, 3.05) is 13.2 Å². The Morgan fingerprint density at radius 1 is 1.15 bits per heavy atom. The second kappa shape index (κ2) is 15.5. The number of esters is 1. The van der Waals surface area contributed by atoms with Crippen LogP contribution in [0.4, 0.5) is 13.2 Å². The molecule has 3 amide bonds. The number of benzene rings is 1. The maximum atomic E-state index is 14.3. The summed E-state index contributed by atoms with van der Waals surface area (Å²) in [5.41, 5.74) is -0.758. The van der Waals surface area contributed by atoms with Crippen molar-refractivity contribution >= 4 is 50.6 Å². The molecule has 6 rings (SSSR count). The van der Waals surface area contributed by atoms with Gasteiger partial charge in [0.05, 0.1) is 24.8 Å². The predicted molar refractivity (Wildman–Crippen MR) is 187 cm³/mol. The van der Waals surface area contributed by atoms with Crippen LogP contribution in [0.1, 0.15) is 76.2 Å². The number of hydrogen-bond acceptors (Lipinski definition) is 9. The summed E-state index contributed by atoms with van der Waals surface area (Å²) in [6, 6.07) is 6.29. The molecule has 1 aromatic heterocycles. The molecule has 1 aromatic carbocycles. The molecule has 3 fully saturated rings. The summed E-state index contributed by atoms with van der Waals surface area (Å²) >= 11 is 0. The van der Waals surface area contributed by atoms with E-state index in [0.717, 1.165) is 10.9 Å². The number of allylic oxidation sites excluding steroid dienone is 1. The number of carbonyl (C=O) groups excluding carboxylic acids is 4. The highest BCUT2D eigenvalue weighted by molar-refractivity contribution is 7.91. The standard InChI is InChI=1S/C37H43F3N4O8S/c1-2-26-21-36(26,35(48)43-53(49,50)28-12-13-28)42-32(46)30-20-27-22-44(30)34(47)25(9-7-15-37(38,39)40)19-31(45)51-17-6-4-3-5-8-23-10-11-24-14-16-41-33(52-27)29(24)18-23/h2,5,8,10-11,14,16,18,25-28,30H,1,3-4,6-7,9,12-13,15,17,19-22H2,(H,42,46)(H,43,48)/b8-5+/t25-,26-,27-,30+,36-/m1/s1. The number of pyridine rings is 1. The highest BCUT2D eigenvalue weighted by atomic mass is 32.2. The second-order valence-corrected chi connectivity index (χ2v) is 16.2. The van der Waals surface area contributed by atoms with Gasteiger partial charge in [-0.1, -0.05) is 30.4 Å². The smallest absolute Gasteiger partial charge is 0.389 e. The summed E-state index contributed by atoms with van der Waals surface area (Å²) in [7, 11) is -3.96. The van der Waals surface area contributed by atoms with Gasteiger partial charge in [0, 0.05) is 36.3 Å². The third-order valence-corrected chi connectivity index (χ3v) is 12.1. The molecule has 0 spiro atoms. The van der Waals surface area contributed by atoms with E-state index < -0.39 is 93.9 Å².